The SMILES string of the molecule is CCC(CO)(NC1CCCCC1)c1ccc(Br)cc1. The van der Waals surface area contributed by atoms with Gasteiger partial charge in [-0.2, -0.15) is 0 Å². The lowest BCUT2D eigenvalue weighted by atomic mass is 9.85. The molecule has 0 aromatic heterocycles. The molecule has 1 aliphatic rings. The summed E-state index contributed by atoms with van der Waals surface area (Å²) in [6, 6.07) is 8.87. The van der Waals surface area contributed by atoms with Crippen LogP contribution in [0.15, 0.2) is 28.7 Å². The Hall–Kier alpha value is -0.380. The molecule has 1 atom stereocenters. The van der Waals surface area contributed by atoms with Crippen molar-refractivity contribution >= 4 is 15.9 Å². The molecule has 2 nitrogen and oxygen atoms in total. The number of aliphatic hydroxyl groups excluding tert-OH is 1. The van der Waals surface area contributed by atoms with Crippen molar-refractivity contribution in [3.05, 3.63) is 34.3 Å². The zero-order valence-corrected chi connectivity index (χ0v) is 13.2. The van der Waals surface area contributed by atoms with Crippen molar-refractivity contribution in [2.45, 2.75) is 57.0 Å². The van der Waals surface area contributed by atoms with E-state index in [1.807, 2.05) is 0 Å². The van der Waals surface area contributed by atoms with Crippen LogP contribution in [0.25, 0.3) is 0 Å². The zero-order chi connectivity index (χ0) is 13.7. The summed E-state index contributed by atoms with van der Waals surface area (Å²) in [6.45, 7) is 2.30. The second kappa shape index (κ2) is 6.87. The van der Waals surface area contributed by atoms with E-state index in [-0.39, 0.29) is 12.1 Å². The summed E-state index contributed by atoms with van der Waals surface area (Å²) in [5.41, 5.74) is 0.897. The summed E-state index contributed by atoms with van der Waals surface area (Å²) in [5, 5.41) is 13.7. The minimum absolute atomic E-state index is 0.154. The highest BCUT2D eigenvalue weighted by molar-refractivity contribution is 9.10. The summed E-state index contributed by atoms with van der Waals surface area (Å²) in [5.74, 6) is 0. The third-order valence-electron chi connectivity index (χ3n) is 4.36. The molecular formula is C16H24BrNO. The van der Waals surface area contributed by atoms with Crippen LogP contribution in [0.3, 0.4) is 0 Å². The van der Waals surface area contributed by atoms with Gasteiger partial charge in [-0.15, -0.1) is 0 Å². The first-order valence-electron chi connectivity index (χ1n) is 7.35. The molecular weight excluding hydrogens is 302 g/mol. The normalized spacial score (nSPS) is 20.2. The van der Waals surface area contributed by atoms with Gasteiger partial charge in [0.25, 0.3) is 0 Å². The molecule has 0 aliphatic heterocycles. The van der Waals surface area contributed by atoms with Gasteiger partial charge in [0.1, 0.15) is 0 Å². The van der Waals surface area contributed by atoms with Gasteiger partial charge < -0.3 is 10.4 Å². The van der Waals surface area contributed by atoms with Crippen LogP contribution in [-0.4, -0.2) is 17.8 Å². The lowest BCUT2D eigenvalue weighted by Gasteiger charge is -2.38. The van der Waals surface area contributed by atoms with Crippen LogP contribution < -0.4 is 5.32 Å². The molecule has 2 N–H and O–H groups in total. The Kier molecular flexibility index (Phi) is 5.43. The fourth-order valence-corrected chi connectivity index (χ4v) is 3.31. The molecule has 19 heavy (non-hydrogen) atoms. The van der Waals surface area contributed by atoms with Crippen LogP contribution in [0.1, 0.15) is 51.0 Å². The standard InChI is InChI=1S/C16H24BrNO/c1-2-16(12-19,13-8-10-14(17)11-9-13)18-15-6-4-3-5-7-15/h8-11,15,18-19H,2-7,12H2,1H3. The van der Waals surface area contributed by atoms with Gasteiger partial charge in [-0.3, -0.25) is 0 Å². The average molecular weight is 326 g/mol. The number of hydrogen-bond donors (Lipinski definition) is 2. The minimum atomic E-state index is -0.289. The molecule has 1 aromatic carbocycles. The van der Waals surface area contributed by atoms with Crippen molar-refractivity contribution in [3.8, 4) is 0 Å². The number of hydrogen-bond acceptors (Lipinski definition) is 2. The maximum absolute atomic E-state index is 9.96. The van der Waals surface area contributed by atoms with Gasteiger partial charge in [0.2, 0.25) is 0 Å². The third kappa shape index (κ3) is 3.59. The molecule has 1 aliphatic carbocycles. The molecule has 3 heteroatoms. The molecule has 1 unspecified atom stereocenters. The highest BCUT2D eigenvalue weighted by Crippen LogP contribution is 2.29. The summed E-state index contributed by atoms with van der Waals surface area (Å²) in [4.78, 5) is 0. The summed E-state index contributed by atoms with van der Waals surface area (Å²) < 4.78 is 1.08. The van der Waals surface area contributed by atoms with Gasteiger partial charge in [0.15, 0.2) is 0 Å². The van der Waals surface area contributed by atoms with Crippen LogP contribution in [0.5, 0.6) is 0 Å². The van der Waals surface area contributed by atoms with Crippen LogP contribution in [0.4, 0.5) is 0 Å². The van der Waals surface area contributed by atoms with Gasteiger partial charge in [-0.25, -0.2) is 0 Å². The number of nitrogens with one attached hydrogen (secondary N) is 1. The van der Waals surface area contributed by atoms with Gasteiger partial charge in [-0.1, -0.05) is 54.2 Å². The smallest absolute Gasteiger partial charge is 0.0668 e. The number of aliphatic hydroxyl groups is 1. The van der Waals surface area contributed by atoms with E-state index in [1.165, 1.54) is 37.7 Å². The van der Waals surface area contributed by atoms with Crippen molar-refractivity contribution in [1.29, 1.82) is 0 Å². The van der Waals surface area contributed by atoms with E-state index in [0.717, 1.165) is 10.9 Å². The number of halogens is 1. The molecule has 0 radical (unpaired) electrons. The van der Waals surface area contributed by atoms with Crippen molar-refractivity contribution < 1.29 is 5.11 Å². The van der Waals surface area contributed by atoms with E-state index in [2.05, 4.69) is 52.4 Å². The van der Waals surface area contributed by atoms with Crippen molar-refractivity contribution in [2.24, 2.45) is 0 Å². The van der Waals surface area contributed by atoms with Gasteiger partial charge in [-0.05, 0) is 37.0 Å². The summed E-state index contributed by atoms with van der Waals surface area (Å²) >= 11 is 3.47. The molecule has 0 spiro atoms. The Labute approximate surface area is 124 Å². The van der Waals surface area contributed by atoms with Crippen molar-refractivity contribution in [3.63, 3.8) is 0 Å². The monoisotopic (exact) mass is 325 g/mol. The highest BCUT2D eigenvalue weighted by Gasteiger charge is 2.32. The molecule has 106 valence electrons. The average Bonchev–Trinajstić information content (AvgIpc) is 2.47. The Morgan fingerprint density at radius 3 is 2.37 bits per heavy atom. The first-order chi connectivity index (χ1) is 9.20. The second-order valence-corrected chi connectivity index (χ2v) is 6.50. The molecule has 1 fully saturated rings. The molecule has 0 bridgehead atoms. The Morgan fingerprint density at radius 1 is 1.21 bits per heavy atom. The quantitative estimate of drug-likeness (QED) is 0.858. The lowest BCUT2D eigenvalue weighted by molar-refractivity contribution is 0.132. The largest absolute Gasteiger partial charge is 0.394 e. The second-order valence-electron chi connectivity index (χ2n) is 5.58. The number of benzene rings is 1. The molecule has 0 amide bonds. The van der Waals surface area contributed by atoms with E-state index in [0.29, 0.717) is 6.04 Å². The Bertz CT molecular complexity index is 380. The fraction of sp³-hybridized carbons (Fsp3) is 0.625. The lowest BCUT2D eigenvalue weighted by Crippen LogP contribution is -2.50. The molecule has 0 heterocycles. The van der Waals surface area contributed by atoms with Crippen LogP contribution in [0.2, 0.25) is 0 Å². The van der Waals surface area contributed by atoms with E-state index in [4.69, 9.17) is 0 Å². The van der Waals surface area contributed by atoms with E-state index in [1.54, 1.807) is 0 Å². The third-order valence-corrected chi connectivity index (χ3v) is 4.88. The predicted octanol–water partition coefficient (Wildman–Crippen LogP) is 3.97. The van der Waals surface area contributed by atoms with Crippen molar-refractivity contribution in [1.82, 2.24) is 5.32 Å². The van der Waals surface area contributed by atoms with Gasteiger partial charge >= 0.3 is 0 Å². The predicted molar refractivity (Wildman–Crippen MR) is 83.2 cm³/mol. The van der Waals surface area contributed by atoms with Crippen LogP contribution in [0, 0.1) is 0 Å². The summed E-state index contributed by atoms with van der Waals surface area (Å²) in [7, 11) is 0. The molecule has 2 rings (SSSR count). The maximum atomic E-state index is 9.96. The number of rotatable bonds is 5. The zero-order valence-electron chi connectivity index (χ0n) is 11.7. The molecule has 1 aromatic rings. The van der Waals surface area contributed by atoms with E-state index >= 15 is 0 Å². The molecule has 0 saturated heterocycles. The summed E-state index contributed by atoms with van der Waals surface area (Å²) in [6.07, 6.45) is 7.35. The topological polar surface area (TPSA) is 32.3 Å². The minimum Gasteiger partial charge on any atom is -0.394 e. The van der Waals surface area contributed by atoms with Crippen molar-refractivity contribution in [2.75, 3.05) is 6.61 Å². The Balaban J connectivity index is 2.18. The van der Waals surface area contributed by atoms with Gasteiger partial charge in [0, 0.05) is 10.5 Å². The Morgan fingerprint density at radius 2 is 1.84 bits per heavy atom. The first kappa shape index (κ1) is 15.0. The fourth-order valence-electron chi connectivity index (χ4n) is 3.04. The highest BCUT2D eigenvalue weighted by atomic mass is 79.9. The van der Waals surface area contributed by atoms with Crippen LogP contribution in [-0.2, 0) is 5.54 Å². The van der Waals surface area contributed by atoms with Gasteiger partial charge in [0.05, 0.1) is 12.1 Å². The van der Waals surface area contributed by atoms with E-state index in [9.17, 15) is 5.11 Å². The molecule has 1 saturated carbocycles. The van der Waals surface area contributed by atoms with Crippen LogP contribution >= 0.6 is 15.9 Å². The first-order valence-corrected chi connectivity index (χ1v) is 8.14. The van der Waals surface area contributed by atoms with E-state index < -0.39 is 0 Å². The maximum Gasteiger partial charge on any atom is 0.0668 e.